The number of aldehydes is 1. The van der Waals surface area contributed by atoms with Crippen molar-refractivity contribution in [3.63, 3.8) is 0 Å². The van der Waals surface area contributed by atoms with Crippen LogP contribution in [0.1, 0.15) is 79.1 Å². The lowest BCUT2D eigenvalue weighted by Crippen LogP contribution is -2.59. The molecule has 6 aliphatic rings. The third kappa shape index (κ3) is 3.25. The van der Waals surface area contributed by atoms with Gasteiger partial charge in [0.2, 0.25) is 0 Å². The summed E-state index contributed by atoms with van der Waals surface area (Å²) in [4.78, 5) is 25.4. The minimum absolute atomic E-state index is 0.0817. The van der Waals surface area contributed by atoms with Gasteiger partial charge in [-0.1, -0.05) is 23.8 Å². The molecule has 1 spiro atoms. The molecule has 5 fully saturated rings. The number of rotatable bonds is 5. The van der Waals surface area contributed by atoms with Crippen LogP contribution < -0.4 is 0 Å². The summed E-state index contributed by atoms with van der Waals surface area (Å²) in [5.41, 5.74) is -2.07. The largest absolute Gasteiger partial charge is 0.462 e. The van der Waals surface area contributed by atoms with Crippen LogP contribution in [0.2, 0.25) is 0 Å². The number of allylic oxidation sites excluding steroid dienone is 1. The Labute approximate surface area is 231 Å². The average Bonchev–Trinajstić information content (AvgIpc) is 3.62. The van der Waals surface area contributed by atoms with Gasteiger partial charge in [-0.2, -0.15) is 0 Å². The van der Waals surface area contributed by atoms with Gasteiger partial charge in [-0.25, -0.2) is 0 Å². The molecule has 0 heterocycles. The van der Waals surface area contributed by atoms with Crippen LogP contribution in [-0.2, 0) is 14.3 Å². The Kier molecular flexibility index (Phi) is 6.18. The highest BCUT2D eigenvalue weighted by Gasteiger charge is 2.83. The predicted molar refractivity (Wildman–Crippen MR) is 144 cm³/mol. The minimum atomic E-state index is -1.12. The molecule has 0 aromatic rings. The van der Waals surface area contributed by atoms with Gasteiger partial charge < -0.3 is 30.0 Å². The molecule has 0 amide bonds. The first kappa shape index (κ1) is 27.6. The van der Waals surface area contributed by atoms with Crippen molar-refractivity contribution in [2.75, 3.05) is 0 Å². The number of fused-ring (bicyclic) bond motifs is 2. The topological polar surface area (TPSA) is 124 Å². The number of esters is 1. The molecule has 7 heteroatoms. The Hall–Kier alpha value is -1.54. The van der Waals surface area contributed by atoms with E-state index in [2.05, 4.69) is 12.7 Å². The van der Waals surface area contributed by atoms with Gasteiger partial charge in [-0.15, -0.1) is 0 Å². The van der Waals surface area contributed by atoms with Gasteiger partial charge in [0, 0.05) is 41.4 Å². The van der Waals surface area contributed by atoms with Crippen molar-refractivity contribution in [3.8, 4) is 0 Å². The number of aliphatic hydroxyl groups is 4. The molecule has 0 aromatic heterocycles. The van der Waals surface area contributed by atoms with Crippen molar-refractivity contribution < 1.29 is 34.8 Å². The summed E-state index contributed by atoms with van der Waals surface area (Å²) in [6.45, 7) is 11.0. The SMILES string of the molecule is C=C(C)[C@@H]1CC[C@H]([C@@H]2CC[C@@H]3C2=C[C@]2(C=O)[C@@H]4CC[C@@]2([C@H]3O)[C@@H](O)[C@]42CC[C@@H](C(C)(C)O)[C@H]2O)[C@@H]1OC(C)=O. The molecule has 0 aliphatic heterocycles. The average molecular weight is 543 g/mol. The van der Waals surface area contributed by atoms with E-state index in [9.17, 15) is 30.0 Å². The maximum absolute atomic E-state index is 13.3. The normalized spacial score (nSPS) is 52.1. The maximum Gasteiger partial charge on any atom is 0.302 e. The van der Waals surface area contributed by atoms with E-state index < -0.39 is 46.1 Å². The van der Waals surface area contributed by atoms with E-state index in [0.29, 0.717) is 25.7 Å². The van der Waals surface area contributed by atoms with E-state index in [-0.39, 0.29) is 41.7 Å². The van der Waals surface area contributed by atoms with E-state index in [1.807, 2.05) is 6.92 Å². The van der Waals surface area contributed by atoms with Crippen LogP contribution >= 0.6 is 0 Å². The van der Waals surface area contributed by atoms with Crippen molar-refractivity contribution in [2.45, 2.75) is 109 Å². The van der Waals surface area contributed by atoms with Crippen LogP contribution in [0.25, 0.3) is 0 Å². The van der Waals surface area contributed by atoms with Crippen molar-refractivity contribution in [3.05, 3.63) is 23.8 Å². The molecule has 2 bridgehead atoms. The van der Waals surface area contributed by atoms with E-state index in [1.54, 1.807) is 13.8 Å². The number of ether oxygens (including phenoxy) is 1. The summed E-state index contributed by atoms with van der Waals surface area (Å²) >= 11 is 0. The second kappa shape index (κ2) is 8.73. The highest BCUT2D eigenvalue weighted by Crippen LogP contribution is 2.80. The summed E-state index contributed by atoms with van der Waals surface area (Å²) in [5.74, 6) is -0.919. The molecule has 5 saturated carbocycles. The number of carbonyl (C=O) groups excluding carboxylic acids is 2. The molecule has 39 heavy (non-hydrogen) atoms. The Balaban J connectivity index is 1.43. The molecule has 216 valence electrons. The van der Waals surface area contributed by atoms with Gasteiger partial charge in [0.15, 0.2) is 0 Å². The van der Waals surface area contributed by atoms with E-state index in [4.69, 9.17) is 4.74 Å². The first-order valence-electron chi connectivity index (χ1n) is 15.1. The summed E-state index contributed by atoms with van der Waals surface area (Å²) in [6, 6.07) is 0. The lowest BCUT2D eigenvalue weighted by Gasteiger charge is -2.51. The number of carbonyl (C=O) groups is 2. The zero-order valence-corrected chi connectivity index (χ0v) is 23.8. The number of aliphatic hydroxyl groups excluding tert-OH is 3. The monoisotopic (exact) mass is 542 g/mol. The number of hydrogen-bond donors (Lipinski definition) is 4. The predicted octanol–water partition coefficient (Wildman–Crippen LogP) is 3.33. The van der Waals surface area contributed by atoms with Crippen molar-refractivity contribution >= 4 is 12.3 Å². The summed E-state index contributed by atoms with van der Waals surface area (Å²) in [6.07, 6.45) is 5.61. The number of hydrogen-bond acceptors (Lipinski definition) is 7. The zero-order chi connectivity index (χ0) is 28.3. The molecule has 13 atom stereocenters. The van der Waals surface area contributed by atoms with Crippen molar-refractivity contribution in [1.29, 1.82) is 0 Å². The first-order chi connectivity index (χ1) is 18.3. The Morgan fingerprint density at radius 1 is 1.03 bits per heavy atom. The molecule has 0 aromatic carbocycles. The fourth-order valence-electron chi connectivity index (χ4n) is 11.4. The summed E-state index contributed by atoms with van der Waals surface area (Å²) < 4.78 is 5.90. The van der Waals surface area contributed by atoms with Gasteiger partial charge in [0.25, 0.3) is 0 Å². The third-order valence-electron chi connectivity index (χ3n) is 12.8. The van der Waals surface area contributed by atoms with Crippen LogP contribution in [0.4, 0.5) is 0 Å². The fraction of sp³-hybridized carbons (Fsp3) is 0.812. The minimum Gasteiger partial charge on any atom is -0.462 e. The zero-order valence-electron chi connectivity index (χ0n) is 23.8. The van der Waals surface area contributed by atoms with Crippen LogP contribution in [0, 0.1) is 51.8 Å². The molecule has 0 saturated heterocycles. The van der Waals surface area contributed by atoms with Crippen LogP contribution in [0.5, 0.6) is 0 Å². The van der Waals surface area contributed by atoms with Crippen LogP contribution in [0.3, 0.4) is 0 Å². The first-order valence-corrected chi connectivity index (χ1v) is 15.1. The van der Waals surface area contributed by atoms with Gasteiger partial charge in [0.05, 0.1) is 29.3 Å². The lowest BCUT2D eigenvalue weighted by molar-refractivity contribution is -0.170. The smallest absolute Gasteiger partial charge is 0.302 e. The third-order valence-corrected chi connectivity index (χ3v) is 12.8. The van der Waals surface area contributed by atoms with Crippen molar-refractivity contribution in [2.24, 2.45) is 51.8 Å². The van der Waals surface area contributed by atoms with Gasteiger partial charge in [-0.05, 0) is 84.0 Å². The molecular formula is C32H46O7. The van der Waals surface area contributed by atoms with Crippen LogP contribution in [0.15, 0.2) is 23.8 Å². The van der Waals surface area contributed by atoms with Gasteiger partial charge >= 0.3 is 5.97 Å². The molecule has 4 N–H and O–H groups in total. The van der Waals surface area contributed by atoms with Crippen LogP contribution in [-0.4, -0.2) is 62.7 Å². The highest BCUT2D eigenvalue weighted by atomic mass is 16.5. The van der Waals surface area contributed by atoms with E-state index in [0.717, 1.165) is 43.1 Å². The van der Waals surface area contributed by atoms with Gasteiger partial charge in [-0.3, -0.25) is 4.79 Å². The Morgan fingerprint density at radius 3 is 2.31 bits per heavy atom. The highest BCUT2D eigenvalue weighted by molar-refractivity contribution is 5.71. The summed E-state index contributed by atoms with van der Waals surface area (Å²) in [7, 11) is 0. The Morgan fingerprint density at radius 2 is 1.72 bits per heavy atom. The Bertz CT molecular complexity index is 1110. The molecule has 7 nitrogen and oxygen atoms in total. The standard InChI is InChI=1S/C32H46O7/c1-16(2)18-6-8-20(25(18)39-17(3)34)19-7-9-21-22(19)14-30(15-33)24-11-13-32(30,26(21)35)28(37)31(24)12-10-23(27(31)36)29(4,5)38/h14-15,18-21,23-28,35-38H,1,6-13H2,2-5H3/t18-,19-,20+,21+,23+,24-,25+,26-,27+,28-,30-,31+,32+/m0/s1. The molecule has 0 radical (unpaired) electrons. The molecular weight excluding hydrogens is 496 g/mol. The molecule has 6 rings (SSSR count). The van der Waals surface area contributed by atoms with Crippen molar-refractivity contribution in [1.82, 2.24) is 0 Å². The second-order valence-corrected chi connectivity index (χ2v) is 14.6. The quantitative estimate of drug-likeness (QED) is 0.239. The fourth-order valence-corrected chi connectivity index (χ4v) is 11.4. The second-order valence-electron chi connectivity index (χ2n) is 14.6. The van der Waals surface area contributed by atoms with Gasteiger partial charge in [0.1, 0.15) is 12.4 Å². The molecule has 0 unspecified atom stereocenters. The molecule has 6 aliphatic carbocycles. The maximum atomic E-state index is 13.3. The summed E-state index contributed by atoms with van der Waals surface area (Å²) in [5, 5.41) is 46.9. The lowest BCUT2D eigenvalue weighted by atomic mass is 9.55. The van der Waals surface area contributed by atoms with E-state index in [1.165, 1.54) is 6.92 Å². The van der Waals surface area contributed by atoms with E-state index >= 15 is 0 Å².